The van der Waals surface area contributed by atoms with Crippen molar-refractivity contribution < 1.29 is 0 Å². The monoisotopic (exact) mass is 301 g/mol. The van der Waals surface area contributed by atoms with Crippen LogP contribution in [0.1, 0.15) is 19.5 Å². The highest BCUT2D eigenvalue weighted by atomic mass is 15.3. The van der Waals surface area contributed by atoms with Crippen LogP contribution in [-0.2, 0) is 0 Å². The number of amidine groups is 2. The Morgan fingerprint density at radius 2 is 1.91 bits per heavy atom. The number of nitrogens with zero attached hydrogens (tertiary/aromatic N) is 4. The summed E-state index contributed by atoms with van der Waals surface area (Å²) in [7, 11) is 1.60. The van der Waals surface area contributed by atoms with Crippen LogP contribution in [0.25, 0.3) is 0 Å². The summed E-state index contributed by atoms with van der Waals surface area (Å²) in [6, 6.07) is 3.32. The Balaban J connectivity index is 0.00000211. The number of allylic oxidation sites excluding steroid dienone is 2. The summed E-state index contributed by atoms with van der Waals surface area (Å²) in [6.45, 7) is 7.56. The number of pyridine rings is 1. The predicted octanol–water partition coefficient (Wildman–Crippen LogP) is 1.48. The second-order valence-corrected chi connectivity index (χ2v) is 3.65. The van der Waals surface area contributed by atoms with Gasteiger partial charge in [-0.2, -0.15) is 0 Å². The molecule has 0 radical (unpaired) electrons. The maximum Gasteiger partial charge on any atom is 0.172 e. The minimum atomic E-state index is 0.135. The van der Waals surface area contributed by atoms with Crippen molar-refractivity contribution in [1.29, 1.82) is 0 Å². The second kappa shape index (κ2) is 10.8. The molecule has 0 spiro atoms. The van der Waals surface area contributed by atoms with E-state index in [1.165, 1.54) is 6.20 Å². The molecule has 118 valence electrons. The first-order valence-corrected chi connectivity index (χ1v) is 6.73. The molecule has 0 saturated heterocycles. The van der Waals surface area contributed by atoms with Crippen LogP contribution in [0, 0.1) is 0 Å². The van der Waals surface area contributed by atoms with Crippen LogP contribution in [0.3, 0.4) is 0 Å². The highest BCUT2D eigenvalue weighted by molar-refractivity contribution is 6.45. The largest absolute Gasteiger partial charge is 0.397 e. The molecule has 22 heavy (non-hydrogen) atoms. The Bertz CT molecular complexity index is 580. The normalized spacial score (nSPS) is 12.8. The topological polar surface area (TPSA) is 128 Å². The van der Waals surface area contributed by atoms with Gasteiger partial charge in [0.05, 0.1) is 11.9 Å². The summed E-state index contributed by atoms with van der Waals surface area (Å²) in [5.41, 5.74) is 18.5. The number of hydrogen-bond acceptors (Lipinski definition) is 5. The average molecular weight is 301 g/mol. The first-order valence-electron chi connectivity index (χ1n) is 6.73. The highest BCUT2D eigenvalue weighted by Crippen LogP contribution is 2.00. The van der Waals surface area contributed by atoms with Gasteiger partial charge in [-0.25, -0.2) is 0 Å². The minimum Gasteiger partial charge on any atom is -0.397 e. The number of anilines is 1. The van der Waals surface area contributed by atoms with Crippen LogP contribution >= 0.6 is 0 Å². The summed E-state index contributed by atoms with van der Waals surface area (Å²) in [5, 5.41) is 7.63. The van der Waals surface area contributed by atoms with Crippen LogP contribution in [0.5, 0.6) is 0 Å². The molecule has 1 aromatic rings. The molecule has 0 amide bonds. The number of aliphatic imine (C=N–C) groups is 1. The zero-order valence-corrected chi connectivity index (χ0v) is 13.2. The van der Waals surface area contributed by atoms with Crippen molar-refractivity contribution in [3.8, 4) is 0 Å². The van der Waals surface area contributed by atoms with Crippen LogP contribution in [0.15, 0.2) is 58.3 Å². The zero-order valence-electron chi connectivity index (χ0n) is 13.2. The number of nitrogens with two attached hydrogens (primary N) is 3. The van der Waals surface area contributed by atoms with E-state index in [1.54, 1.807) is 37.4 Å². The molecule has 1 rings (SSSR count). The molecule has 0 unspecified atom stereocenters. The van der Waals surface area contributed by atoms with Crippen LogP contribution in [0.4, 0.5) is 5.69 Å². The fraction of sp³-hybridized carbons (Fsp3) is 0.200. The molecule has 7 heteroatoms. The molecule has 0 saturated carbocycles. The molecule has 0 fully saturated rings. The Labute approximate surface area is 131 Å². The molecule has 0 aromatic carbocycles. The Hall–Kier alpha value is -2.96. The number of aromatic nitrogens is 1. The van der Waals surface area contributed by atoms with E-state index < -0.39 is 0 Å². The molecule has 0 aliphatic rings. The molecule has 0 aliphatic heterocycles. The average Bonchev–Trinajstić information content (AvgIpc) is 2.55. The predicted molar refractivity (Wildman–Crippen MR) is 95.0 cm³/mol. The highest BCUT2D eigenvalue weighted by Gasteiger charge is 2.01. The third-order valence-electron chi connectivity index (χ3n) is 2.21. The number of hydrogen-bond donors (Lipinski definition) is 3. The van der Waals surface area contributed by atoms with Crippen molar-refractivity contribution in [1.82, 2.24) is 4.98 Å². The van der Waals surface area contributed by atoms with E-state index in [0.29, 0.717) is 17.1 Å². The summed E-state index contributed by atoms with van der Waals surface area (Å²) in [5.74, 6) is 0.278. The van der Waals surface area contributed by atoms with Gasteiger partial charge >= 0.3 is 0 Å². The quantitative estimate of drug-likeness (QED) is 0.329. The SMILES string of the molecule is C=C/C=C\C(=NC)/C(N)=N/N=C(\N)c1ccc(N)cn1.CC. The summed E-state index contributed by atoms with van der Waals surface area (Å²) >= 11 is 0. The van der Waals surface area contributed by atoms with Gasteiger partial charge in [0.1, 0.15) is 11.4 Å². The molecule has 0 bridgehead atoms. The maximum absolute atomic E-state index is 5.75. The van der Waals surface area contributed by atoms with Crippen molar-refractivity contribution in [3.05, 3.63) is 48.8 Å². The second-order valence-electron chi connectivity index (χ2n) is 3.65. The first-order chi connectivity index (χ1) is 10.6. The van der Waals surface area contributed by atoms with E-state index in [9.17, 15) is 0 Å². The fourth-order valence-corrected chi connectivity index (χ4v) is 1.20. The van der Waals surface area contributed by atoms with Gasteiger partial charge in [-0.05, 0) is 18.2 Å². The van der Waals surface area contributed by atoms with Crippen LogP contribution in [0.2, 0.25) is 0 Å². The Morgan fingerprint density at radius 1 is 1.23 bits per heavy atom. The zero-order chi connectivity index (χ0) is 17.0. The third-order valence-corrected chi connectivity index (χ3v) is 2.21. The number of rotatable bonds is 5. The molecular formula is C15H23N7. The van der Waals surface area contributed by atoms with E-state index in [-0.39, 0.29) is 11.7 Å². The lowest BCUT2D eigenvalue weighted by Gasteiger charge is -1.99. The maximum atomic E-state index is 5.75. The number of nitrogen functional groups attached to an aromatic ring is 1. The summed E-state index contributed by atoms with van der Waals surface area (Å²) in [6.07, 6.45) is 6.45. The lowest BCUT2D eigenvalue weighted by Crippen LogP contribution is -2.23. The molecule has 0 atom stereocenters. The van der Waals surface area contributed by atoms with Gasteiger partial charge in [0, 0.05) is 7.05 Å². The summed E-state index contributed by atoms with van der Waals surface area (Å²) < 4.78 is 0. The summed E-state index contributed by atoms with van der Waals surface area (Å²) in [4.78, 5) is 7.99. The Morgan fingerprint density at radius 3 is 2.41 bits per heavy atom. The first kappa shape index (κ1) is 19.0. The third kappa shape index (κ3) is 6.47. The molecule has 6 N–H and O–H groups in total. The lowest BCUT2D eigenvalue weighted by molar-refractivity contribution is 1.18. The van der Waals surface area contributed by atoms with Crippen LogP contribution < -0.4 is 17.2 Å². The molecule has 0 aliphatic carbocycles. The fourth-order valence-electron chi connectivity index (χ4n) is 1.20. The van der Waals surface area contributed by atoms with E-state index in [2.05, 4.69) is 26.8 Å². The van der Waals surface area contributed by atoms with Crippen molar-refractivity contribution >= 4 is 23.1 Å². The Kier molecular flexibility index (Phi) is 9.33. The molecule has 1 aromatic heterocycles. The van der Waals surface area contributed by atoms with Gasteiger partial charge in [-0.15, -0.1) is 10.2 Å². The van der Waals surface area contributed by atoms with Crippen LogP contribution in [-0.4, -0.2) is 29.4 Å². The van der Waals surface area contributed by atoms with Crippen molar-refractivity contribution in [2.24, 2.45) is 26.7 Å². The molecule has 7 nitrogen and oxygen atoms in total. The van der Waals surface area contributed by atoms with Crippen molar-refractivity contribution in [2.45, 2.75) is 13.8 Å². The smallest absolute Gasteiger partial charge is 0.172 e. The van der Waals surface area contributed by atoms with E-state index in [0.717, 1.165) is 0 Å². The van der Waals surface area contributed by atoms with E-state index in [1.807, 2.05) is 13.8 Å². The van der Waals surface area contributed by atoms with Gasteiger partial charge in [0.2, 0.25) is 0 Å². The van der Waals surface area contributed by atoms with Crippen molar-refractivity contribution in [3.63, 3.8) is 0 Å². The van der Waals surface area contributed by atoms with E-state index >= 15 is 0 Å². The minimum absolute atomic E-state index is 0.135. The van der Waals surface area contributed by atoms with Gasteiger partial charge < -0.3 is 17.2 Å². The van der Waals surface area contributed by atoms with Gasteiger partial charge in [-0.3, -0.25) is 9.98 Å². The molecular weight excluding hydrogens is 278 g/mol. The van der Waals surface area contributed by atoms with Gasteiger partial charge in [0.25, 0.3) is 0 Å². The van der Waals surface area contributed by atoms with E-state index in [4.69, 9.17) is 17.2 Å². The molecule has 1 heterocycles. The standard InChI is InChI=1S/C13H17N7.C2H6/c1-3-4-5-10(17-2)12(15)19-20-13(16)11-7-6-9(14)8-18-11;1-2/h3-8H,1,14H2,2H3,(H2,15,19)(H2,16,20);1-2H3/b5-4-,17-10?;. The van der Waals surface area contributed by atoms with Crippen molar-refractivity contribution in [2.75, 3.05) is 12.8 Å². The van der Waals surface area contributed by atoms with Gasteiger partial charge in [0.15, 0.2) is 11.7 Å². The lowest BCUT2D eigenvalue weighted by atomic mass is 10.3. The van der Waals surface area contributed by atoms with Gasteiger partial charge in [-0.1, -0.05) is 32.6 Å².